The number of halogens is 1. The number of benzene rings is 1. The van der Waals surface area contributed by atoms with E-state index in [1.807, 2.05) is 30.3 Å². The average Bonchev–Trinajstić information content (AvgIpc) is 3.00. The van der Waals surface area contributed by atoms with E-state index in [9.17, 15) is 4.79 Å². The number of carbonyl (C=O) groups excluding carboxylic acids is 1. The van der Waals surface area contributed by atoms with Crippen LogP contribution in [0.1, 0.15) is 12.2 Å². The highest BCUT2D eigenvalue weighted by molar-refractivity contribution is 9.10. The summed E-state index contributed by atoms with van der Waals surface area (Å²) in [6, 6.07) is 11.1. The van der Waals surface area contributed by atoms with Crippen LogP contribution in [0.4, 0.5) is 0 Å². The maximum atomic E-state index is 11.5. The van der Waals surface area contributed by atoms with Gasteiger partial charge in [0.05, 0.1) is 19.3 Å². The average molecular weight is 363 g/mol. The van der Waals surface area contributed by atoms with Gasteiger partial charge >= 0.3 is 0 Å². The number of allylic oxidation sites excluding steroid dienone is 1. The lowest BCUT2D eigenvalue weighted by Crippen LogP contribution is -2.19. The number of ether oxygens (including phenoxy) is 1. The van der Waals surface area contributed by atoms with Crippen molar-refractivity contribution in [2.75, 3.05) is 6.61 Å². The topological polar surface area (TPSA) is 63.8 Å². The van der Waals surface area contributed by atoms with E-state index in [1.54, 1.807) is 24.5 Å². The molecule has 1 heterocycles. The van der Waals surface area contributed by atoms with Gasteiger partial charge in [-0.05, 0) is 42.5 Å². The fourth-order valence-corrected chi connectivity index (χ4v) is 1.93. The summed E-state index contributed by atoms with van der Waals surface area (Å²) in [6.07, 6.45) is 6.72. The number of nitrogens with one attached hydrogen (secondary N) is 1. The number of carbonyl (C=O) groups is 1. The fourth-order valence-electron chi connectivity index (χ4n) is 1.55. The maximum absolute atomic E-state index is 11.5. The number of amides is 1. The zero-order valence-electron chi connectivity index (χ0n) is 11.7. The molecule has 0 fully saturated rings. The fraction of sp³-hybridized carbons (Fsp3) is 0.125. The first-order valence-corrected chi connectivity index (χ1v) is 7.44. The Morgan fingerprint density at radius 1 is 1.36 bits per heavy atom. The van der Waals surface area contributed by atoms with Crippen molar-refractivity contribution in [3.05, 3.63) is 59.0 Å². The molecule has 6 heteroatoms. The number of rotatable bonds is 7. The standard InChI is InChI=1S/C16H15BrN2O3/c17-13-4-1-5-15(12-13)22-11-8-16(20)19-18-9-2-6-14-7-3-10-21-14/h1-7,9-10,12H,8,11H2,(H,19,20). The van der Waals surface area contributed by atoms with E-state index in [1.165, 1.54) is 6.21 Å². The molecule has 0 saturated heterocycles. The summed E-state index contributed by atoms with van der Waals surface area (Å²) in [5, 5.41) is 3.79. The molecule has 0 spiro atoms. The second kappa shape index (κ2) is 8.84. The van der Waals surface area contributed by atoms with Gasteiger partial charge in [-0.15, -0.1) is 0 Å². The van der Waals surface area contributed by atoms with Gasteiger partial charge in [0.2, 0.25) is 5.91 Å². The molecule has 0 aliphatic carbocycles. The molecule has 2 rings (SSSR count). The molecular weight excluding hydrogens is 348 g/mol. The highest BCUT2D eigenvalue weighted by Crippen LogP contribution is 2.17. The van der Waals surface area contributed by atoms with Gasteiger partial charge in [0.1, 0.15) is 11.5 Å². The van der Waals surface area contributed by atoms with Crippen molar-refractivity contribution in [3.8, 4) is 5.75 Å². The van der Waals surface area contributed by atoms with E-state index in [4.69, 9.17) is 9.15 Å². The molecular formula is C16H15BrN2O3. The molecule has 0 saturated carbocycles. The zero-order valence-corrected chi connectivity index (χ0v) is 13.3. The first-order valence-electron chi connectivity index (χ1n) is 6.64. The molecule has 114 valence electrons. The SMILES string of the molecule is O=C(CCOc1cccc(Br)c1)NN=CC=Cc1ccco1. The van der Waals surface area contributed by atoms with Crippen LogP contribution >= 0.6 is 15.9 Å². The molecule has 5 nitrogen and oxygen atoms in total. The Bertz CT molecular complexity index is 651. The summed E-state index contributed by atoms with van der Waals surface area (Å²) in [6.45, 7) is 0.292. The van der Waals surface area contributed by atoms with Crippen molar-refractivity contribution in [1.29, 1.82) is 0 Å². The van der Waals surface area contributed by atoms with Crippen molar-refractivity contribution in [1.82, 2.24) is 5.43 Å². The van der Waals surface area contributed by atoms with Gasteiger partial charge in [0, 0.05) is 10.7 Å². The van der Waals surface area contributed by atoms with Crippen molar-refractivity contribution in [2.45, 2.75) is 6.42 Å². The lowest BCUT2D eigenvalue weighted by atomic mass is 10.3. The van der Waals surface area contributed by atoms with Gasteiger partial charge in [-0.3, -0.25) is 4.79 Å². The summed E-state index contributed by atoms with van der Waals surface area (Å²) in [4.78, 5) is 11.5. The summed E-state index contributed by atoms with van der Waals surface area (Å²) < 4.78 is 11.5. The molecule has 0 radical (unpaired) electrons. The normalized spacial score (nSPS) is 11.1. The summed E-state index contributed by atoms with van der Waals surface area (Å²) in [5.41, 5.74) is 2.42. The monoisotopic (exact) mass is 362 g/mol. The van der Waals surface area contributed by atoms with Crippen molar-refractivity contribution < 1.29 is 13.9 Å². The molecule has 2 aromatic rings. The highest BCUT2D eigenvalue weighted by atomic mass is 79.9. The smallest absolute Gasteiger partial charge is 0.243 e. The van der Waals surface area contributed by atoms with Crippen molar-refractivity contribution in [2.24, 2.45) is 5.10 Å². The Morgan fingerprint density at radius 2 is 2.27 bits per heavy atom. The van der Waals surface area contributed by atoms with Crippen LogP contribution in [-0.4, -0.2) is 18.7 Å². The van der Waals surface area contributed by atoms with Gasteiger partial charge in [-0.2, -0.15) is 5.10 Å². The van der Waals surface area contributed by atoms with Crippen LogP contribution in [0.2, 0.25) is 0 Å². The van der Waals surface area contributed by atoms with Crippen LogP contribution in [0.5, 0.6) is 5.75 Å². The Hall–Kier alpha value is -2.34. The number of hydrogen-bond acceptors (Lipinski definition) is 4. The van der Waals surface area contributed by atoms with Gasteiger partial charge in [-0.25, -0.2) is 5.43 Å². The molecule has 1 aromatic carbocycles. The molecule has 0 unspecified atom stereocenters. The Kier molecular flexibility index (Phi) is 6.44. The molecule has 0 aliphatic rings. The number of furan rings is 1. The zero-order chi connectivity index (χ0) is 15.6. The van der Waals surface area contributed by atoms with Crippen molar-refractivity contribution in [3.63, 3.8) is 0 Å². The number of hydrazone groups is 1. The van der Waals surface area contributed by atoms with E-state index in [0.717, 1.165) is 10.2 Å². The molecule has 0 bridgehead atoms. The summed E-state index contributed by atoms with van der Waals surface area (Å²) >= 11 is 3.35. The van der Waals surface area contributed by atoms with Crippen LogP contribution in [0.3, 0.4) is 0 Å². The van der Waals surface area contributed by atoms with Crippen LogP contribution in [-0.2, 0) is 4.79 Å². The first kappa shape index (κ1) is 16.0. The van der Waals surface area contributed by atoms with Crippen LogP contribution in [0, 0.1) is 0 Å². The largest absolute Gasteiger partial charge is 0.493 e. The molecule has 1 amide bonds. The van der Waals surface area contributed by atoms with Crippen LogP contribution < -0.4 is 10.2 Å². The lowest BCUT2D eigenvalue weighted by Gasteiger charge is -2.05. The van der Waals surface area contributed by atoms with Gasteiger partial charge < -0.3 is 9.15 Å². The molecule has 0 atom stereocenters. The lowest BCUT2D eigenvalue weighted by molar-refractivity contribution is -0.121. The summed E-state index contributed by atoms with van der Waals surface area (Å²) in [5.74, 6) is 1.23. The third-order valence-electron chi connectivity index (χ3n) is 2.55. The van der Waals surface area contributed by atoms with E-state index in [2.05, 4.69) is 26.5 Å². The number of nitrogens with zero attached hydrogens (tertiary/aromatic N) is 1. The quantitative estimate of drug-likeness (QED) is 0.604. The number of hydrogen-bond donors (Lipinski definition) is 1. The molecule has 1 aromatic heterocycles. The first-order chi connectivity index (χ1) is 10.7. The minimum atomic E-state index is -0.211. The second-order valence-corrected chi connectivity index (χ2v) is 5.16. The van der Waals surface area contributed by atoms with E-state index in [-0.39, 0.29) is 12.3 Å². The van der Waals surface area contributed by atoms with Crippen LogP contribution in [0.25, 0.3) is 6.08 Å². The Morgan fingerprint density at radius 3 is 3.05 bits per heavy atom. The Labute approximate surface area is 136 Å². The molecule has 22 heavy (non-hydrogen) atoms. The molecule has 1 N–H and O–H groups in total. The Balaban J connectivity index is 1.63. The highest BCUT2D eigenvalue weighted by Gasteiger charge is 2.00. The van der Waals surface area contributed by atoms with Gasteiger partial charge in [0.25, 0.3) is 0 Å². The van der Waals surface area contributed by atoms with Gasteiger partial charge in [-0.1, -0.05) is 22.0 Å². The van der Waals surface area contributed by atoms with Gasteiger partial charge in [0.15, 0.2) is 0 Å². The predicted octanol–water partition coefficient (Wildman–Crippen LogP) is 3.63. The minimum absolute atomic E-state index is 0.211. The second-order valence-electron chi connectivity index (χ2n) is 4.24. The van der Waals surface area contributed by atoms with Crippen molar-refractivity contribution >= 4 is 34.1 Å². The third kappa shape index (κ3) is 5.97. The van der Waals surface area contributed by atoms with E-state index >= 15 is 0 Å². The summed E-state index contributed by atoms with van der Waals surface area (Å²) in [7, 11) is 0. The minimum Gasteiger partial charge on any atom is -0.493 e. The van der Waals surface area contributed by atoms with E-state index in [0.29, 0.717) is 12.4 Å². The van der Waals surface area contributed by atoms with Crippen LogP contribution in [0.15, 0.2) is 62.7 Å². The molecule has 0 aliphatic heterocycles. The van der Waals surface area contributed by atoms with E-state index < -0.39 is 0 Å². The predicted molar refractivity (Wildman–Crippen MR) is 88.6 cm³/mol. The third-order valence-corrected chi connectivity index (χ3v) is 3.04. The maximum Gasteiger partial charge on any atom is 0.243 e.